The summed E-state index contributed by atoms with van der Waals surface area (Å²) in [7, 11) is 0. The molecule has 1 saturated heterocycles. The van der Waals surface area contributed by atoms with Crippen LogP contribution in [0.15, 0.2) is 42.5 Å². The van der Waals surface area contributed by atoms with Crippen LogP contribution < -0.4 is 10.2 Å². The maximum Gasteiger partial charge on any atom is 0.418 e. The zero-order valence-electron chi connectivity index (χ0n) is 14.7. The molecule has 6 nitrogen and oxygen atoms in total. The first-order chi connectivity index (χ1) is 13.6. The van der Waals surface area contributed by atoms with Crippen molar-refractivity contribution in [3.8, 4) is 0 Å². The predicted molar refractivity (Wildman–Crippen MR) is 98.8 cm³/mol. The number of benzene rings is 2. The van der Waals surface area contributed by atoms with E-state index in [1.165, 1.54) is 30.3 Å². The van der Waals surface area contributed by atoms with Crippen molar-refractivity contribution in [3.05, 3.63) is 58.6 Å². The highest BCUT2D eigenvalue weighted by Crippen LogP contribution is 2.37. The molecule has 2 aromatic carbocycles. The van der Waals surface area contributed by atoms with E-state index in [0.717, 1.165) is 17.0 Å². The van der Waals surface area contributed by atoms with Crippen molar-refractivity contribution < 1.29 is 32.7 Å². The standard InChI is InChI=1S/C19H14ClF3N2O4/c20-11-3-6-14(13(8-11)19(21,22)23)24-15-9-16(26)25(18(15)29)12-4-1-10(2-5-12)7-17(27)28/h1-6,8,15,24H,7,9H2,(H,27,28). The highest BCUT2D eigenvalue weighted by atomic mass is 35.5. The van der Waals surface area contributed by atoms with Crippen LogP contribution in [-0.4, -0.2) is 28.9 Å². The van der Waals surface area contributed by atoms with E-state index in [2.05, 4.69) is 5.32 Å². The maximum atomic E-state index is 13.2. The van der Waals surface area contributed by atoms with Gasteiger partial charge in [-0.15, -0.1) is 0 Å². The SMILES string of the molecule is O=C(O)Cc1ccc(N2C(=O)CC(Nc3ccc(Cl)cc3C(F)(F)F)C2=O)cc1. The summed E-state index contributed by atoms with van der Waals surface area (Å²) >= 11 is 5.64. The first kappa shape index (κ1) is 20.7. The molecule has 0 radical (unpaired) electrons. The average Bonchev–Trinajstić information content (AvgIpc) is 2.89. The van der Waals surface area contributed by atoms with Crippen LogP contribution in [0.1, 0.15) is 17.5 Å². The minimum absolute atomic E-state index is 0.111. The van der Waals surface area contributed by atoms with E-state index in [9.17, 15) is 27.6 Å². The van der Waals surface area contributed by atoms with Gasteiger partial charge in [0.15, 0.2) is 0 Å². The van der Waals surface area contributed by atoms with Crippen molar-refractivity contribution in [3.63, 3.8) is 0 Å². The Hall–Kier alpha value is -3.07. The Morgan fingerprint density at radius 2 is 1.83 bits per heavy atom. The molecule has 0 spiro atoms. The second-order valence-electron chi connectivity index (χ2n) is 6.39. The van der Waals surface area contributed by atoms with E-state index in [4.69, 9.17) is 16.7 Å². The molecule has 10 heteroatoms. The van der Waals surface area contributed by atoms with Gasteiger partial charge in [0, 0.05) is 10.7 Å². The first-order valence-electron chi connectivity index (χ1n) is 8.37. The van der Waals surface area contributed by atoms with Gasteiger partial charge in [0.25, 0.3) is 5.91 Å². The van der Waals surface area contributed by atoms with Crippen molar-refractivity contribution in [1.82, 2.24) is 0 Å². The Morgan fingerprint density at radius 3 is 2.41 bits per heavy atom. The van der Waals surface area contributed by atoms with Crippen molar-refractivity contribution >= 4 is 40.8 Å². The molecule has 2 amide bonds. The van der Waals surface area contributed by atoms with Crippen molar-refractivity contribution in [2.24, 2.45) is 0 Å². The second-order valence-corrected chi connectivity index (χ2v) is 6.83. The number of nitrogens with one attached hydrogen (secondary N) is 1. The average molecular weight is 427 g/mol. The first-order valence-corrected chi connectivity index (χ1v) is 8.75. The Balaban J connectivity index is 1.82. The van der Waals surface area contributed by atoms with E-state index in [1.54, 1.807) is 0 Å². The number of anilines is 2. The van der Waals surface area contributed by atoms with Crippen LogP contribution in [0.3, 0.4) is 0 Å². The van der Waals surface area contributed by atoms with Crippen LogP contribution in [0.2, 0.25) is 5.02 Å². The number of amides is 2. The predicted octanol–water partition coefficient (Wildman–Crippen LogP) is 3.73. The molecule has 0 bridgehead atoms. The molecule has 2 N–H and O–H groups in total. The van der Waals surface area contributed by atoms with Gasteiger partial charge in [-0.3, -0.25) is 14.4 Å². The van der Waals surface area contributed by atoms with Gasteiger partial charge in [0.2, 0.25) is 5.91 Å². The molecule has 0 saturated carbocycles. The van der Waals surface area contributed by atoms with Gasteiger partial charge in [-0.25, -0.2) is 4.90 Å². The van der Waals surface area contributed by atoms with Gasteiger partial charge in [-0.2, -0.15) is 13.2 Å². The van der Waals surface area contributed by atoms with E-state index in [0.29, 0.717) is 5.56 Å². The van der Waals surface area contributed by atoms with E-state index >= 15 is 0 Å². The van der Waals surface area contributed by atoms with Gasteiger partial charge in [-0.1, -0.05) is 23.7 Å². The van der Waals surface area contributed by atoms with Crippen LogP contribution in [0.5, 0.6) is 0 Å². The van der Waals surface area contributed by atoms with Crippen molar-refractivity contribution in [2.75, 3.05) is 10.2 Å². The molecular weight excluding hydrogens is 413 g/mol. The Morgan fingerprint density at radius 1 is 1.17 bits per heavy atom. The van der Waals surface area contributed by atoms with Crippen molar-refractivity contribution in [2.45, 2.75) is 25.1 Å². The minimum Gasteiger partial charge on any atom is -0.481 e. The maximum absolute atomic E-state index is 13.2. The Bertz CT molecular complexity index is 976. The van der Waals surface area contributed by atoms with Crippen LogP contribution in [0.4, 0.5) is 24.5 Å². The lowest BCUT2D eigenvalue weighted by Gasteiger charge is -2.19. The summed E-state index contributed by atoms with van der Waals surface area (Å²) in [6, 6.07) is 7.68. The van der Waals surface area contributed by atoms with E-state index < -0.39 is 35.6 Å². The summed E-state index contributed by atoms with van der Waals surface area (Å²) in [5.74, 6) is -2.32. The highest BCUT2D eigenvalue weighted by Gasteiger charge is 2.41. The molecule has 0 aliphatic carbocycles. The summed E-state index contributed by atoms with van der Waals surface area (Å²) in [5.41, 5.74) is -0.704. The molecule has 29 heavy (non-hydrogen) atoms. The normalized spacial score (nSPS) is 17.0. The summed E-state index contributed by atoms with van der Waals surface area (Å²) < 4.78 is 39.7. The molecule has 1 fully saturated rings. The molecule has 1 aliphatic rings. The fourth-order valence-corrected chi connectivity index (χ4v) is 3.19. The number of carboxylic acid groups (broad SMARTS) is 1. The third-order valence-electron chi connectivity index (χ3n) is 4.31. The van der Waals surface area contributed by atoms with E-state index in [1.807, 2.05) is 0 Å². The number of alkyl halides is 3. The van der Waals surface area contributed by atoms with Crippen LogP contribution in [-0.2, 0) is 27.0 Å². The zero-order chi connectivity index (χ0) is 21.3. The summed E-state index contributed by atoms with van der Waals surface area (Å²) in [4.78, 5) is 36.6. The third-order valence-corrected chi connectivity index (χ3v) is 4.55. The number of aliphatic carboxylic acids is 1. The largest absolute Gasteiger partial charge is 0.481 e. The molecule has 1 heterocycles. The lowest BCUT2D eigenvalue weighted by atomic mass is 10.1. The molecule has 0 aromatic heterocycles. The summed E-state index contributed by atoms with van der Waals surface area (Å²) in [6.45, 7) is 0. The molecule has 1 atom stereocenters. The van der Waals surface area contributed by atoms with Crippen molar-refractivity contribution in [1.29, 1.82) is 0 Å². The number of halogens is 4. The fraction of sp³-hybridized carbons (Fsp3) is 0.211. The van der Waals surface area contributed by atoms with Gasteiger partial charge in [0.05, 0.1) is 24.1 Å². The molecule has 1 aliphatic heterocycles. The smallest absolute Gasteiger partial charge is 0.418 e. The number of imide groups is 1. The fourth-order valence-electron chi connectivity index (χ4n) is 3.02. The van der Waals surface area contributed by atoms with Gasteiger partial charge in [-0.05, 0) is 35.9 Å². The van der Waals surface area contributed by atoms with Gasteiger partial charge in [0.1, 0.15) is 6.04 Å². The lowest BCUT2D eigenvalue weighted by molar-refractivity contribution is -0.137. The number of hydrogen-bond donors (Lipinski definition) is 2. The number of hydrogen-bond acceptors (Lipinski definition) is 4. The monoisotopic (exact) mass is 426 g/mol. The molecule has 2 aromatic rings. The third kappa shape index (κ3) is 4.51. The minimum atomic E-state index is -4.70. The topological polar surface area (TPSA) is 86.7 Å². The molecule has 3 rings (SSSR count). The number of carbonyl (C=O) groups is 3. The number of rotatable bonds is 5. The van der Waals surface area contributed by atoms with Gasteiger partial charge >= 0.3 is 12.1 Å². The van der Waals surface area contributed by atoms with E-state index in [-0.39, 0.29) is 29.2 Å². The van der Waals surface area contributed by atoms with Crippen LogP contribution in [0, 0.1) is 0 Å². The summed E-state index contributed by atoms with van der Waals surface area (Å²) in [6.07, 6.45) is -5.24. The Kier molecular flexibility index (Phi) is 5.52. The number of carbonyl (C=O) groups excluding carboxylic acids is 2. The number of carboxylic acids is 1. The van der Waals surface area contributed by atoms with Gasteiger partial charge < -0.3 is 10.4 Å². The quantitative estimate of drug-likeness (QED) is 0.711. The lowest BCUT2D eigenvalue weighted by Crippen LogP contribution is -2.35. The Labute approximate surface area is 167 Å². The molecule has 152 valence electrons. The summed E-state index contributed by atoms with van der Waals surface area (Å²) in [5, 5.41) is 11.2. The van der Waals surface area contributed by atoms with Crippen LogP contribution in [0.25, 0.3) is 0 Å². The van der Waals surface area contributed by atoms with Crippen LogP contribution >= 0.6 is 11.6 Å². The molecule has 1 unspecified atom stereocenters. The number of nitrogens with zero attached hydrogens (tertiary/aromatic N) is 1. The zero-order valence-corrected chi connectivity index (χ0v) is 15.4. The second kappa shape index (κ2) is 7.75. The molecular formula is C19H14ClF3N2O4. The highest BCUT2D eigenvalue weighted by molar-refractivity contribution is 6.30.